The van der Waals surface area contributed by atoms with Gasteiger partial charge in [-0.2, -0.15) is 0 Å². The highest BCUT2D eigenvalue weighted by molar-refractivity contribution is 6.36. The number of imide groups is 1. The van der Waals surface area contributed by atoms with Crippen LogP contribution >= 0.6 is 0 Å². The lowest BCUT2D eigenvalue weighted by Crippen LogP contribution is -2.34. The minimum absolute atomic E-state index is 0.256. The van der Waals surface area contributed by atoms with Crippen molar-refractivity contribution >= 4 is 23.1 Å². The molecule has 0 atom stereocenters. The number of benzene rings is 2. The molecule has 0 saturated heterocycles. The van der Waals surface area contributed by atoms with Crippen LogP contribution in [0.2, 0.25) is 0 Å². The predicted molar refractivity (Wildman–Crippen MR) is 106 cm³/mol. The number of amides is 2. The summed E-state index contributed by atoms with van der Waals surface area (Å²) in [5.41, 5.74) is 3.64. The van der Waals surface area contributed by atoms with Gasteiger partial charge in [0.15, 0.2) is 11.5 Å². The summed E-state index contributed by atoms with van der Waals surface area (Å²) in [6.07, 6.45) is 0.840. The Morgan fingerprint density at radius 2 is 1.71 bits per heavy atom. The topological polar surface area (TPSA) is 59.1 Å². The van der Waals surface area contributed by atoms with Crippen molar-refractivity contribution in [3.05, 3.63) is 59.3 Å². The normalized spacial score (nSPS) is 16.1. The maximum absolute atomic E-state index is 13.2. The SMILES string of the molecule is CCN1C(=O)C(c2ccc(OC)c(OC)c2)=C(N2CCc3ccccc32)C1=O. The first-order valence-electron chi connectivity index (χ1n) is 9.29. The molecule has 6 nitrogen and oxygen atoms in total. The van der Waals surface area contributed by atoms with Gasteiger partial charge in [0.25, 0.3) is 11.8 Å². The van der Waals surface area contributed by atoms with Crippen molar-refractivity contribution in [2.45, 2.75) is 13.3 Å². The largest absolute Gasteiger partial charge is 0.493 e. The van der Waals surface area contributed by atoms with E-state index in [9.17, 15) is 9.59 Å². The van der Waals surface area contributed by atoms with Crippen LogP contribution in [0.1, 0.15) is 18.1 Å². The van der Waals surface area contributed by atoms with Crippen LogP contribution in [0.4, 0.5) is 5.69 Å². The number of anilines is 1. The van der Waals surface area contributed by atoms with E-state index in [1.165, 1.54) is 10.5 Å². The number of para-hydroxylation sites is 1. The summed E-state index contributed by atoms with van der Waals surface area (Å²) in [5.74, 6) is 0.556. The van der Waals surface area contributed by atoms with Crippen molar-refractivity contribution in [2.24, 2.45) is 0 Å². The number of carbonyl (C=O) groups excluding carboxylic acids is 2. The second-order valence-corrected chi connectivity index (χ2v) is 6.68. The summed E-state index contributed by atoms with van der Waals surface area (Å²) in [4.78, 5) is 29.5. The lowest BCUT2D eigenvalue weighted by atomic mass is 10.0. The standard InChI is InChI=1S/C22H22N2O4/c1-4-23-21(25)19(15-9-10-17(27-2)18(13-15)28-3)20(22(23)26)24-12-11-14-7-5-6-8-16(14)24/h5-10,13H,4,11-12H2,1-3H3. The average molecular weight is 378 g/mol. The number of carbonyl (C=O) groups is 2. The number of ether oxygens (including phenoxy) is 2. The molecule has 0 unspecified atom stereocenters. The molecule has 0 spiro atoms. The van der Waals surface area contributed by atoms with Crippen molar-refractivity contribution in [1.29, 1.82) is 0 Å². The van der Waals surface area contributed by atoms with Gasteiger partial charge in [0.05, 0.1) is 19.8 Å². The van der Waals surface area contributed by atoms with Crippen molar-refractivity contribution in [3.8, 4) is 11.5 Å². The highest BCUT2D eigenvalue weighted by Crippen LogP contribution is 2.40. The second kappa shape index (κ2) is 7.03. The summed E-state index contributed by atoms with van der Waals surface area (Å²) in [7, 11) is 3.11. The Hall–Kier alpha value is -3.28. The monoisotopic (exact) mass is 378 g/mol. The molecule has 2 aliphatic rings. The van der Waals surface area contributed by atoms with Crippen molar-refractivity contribution in [1.82, 2.24) is 4.90 Å². The molecule has 4 rings (SSSR count). The van der Waals surface area contributed by atoms with Gasteiger partial charge in [0.2, 0.25) is 0 Å². The fourth-order valence-electron chi connectivity index (χ4n) is 3.92. The number of hydrogen-bond donors (Lipinski definition) is 0. The van der Waals surface area contributed by atoms with Gasteiger partial charge in [-0.3, -0.25) is 14.5 Å². The molecule has 2 heterocycles. The molecule has 0 fully saturated rings. The van der Waals surface area contributed by atoms with E-state index in [1.54, 1.807) is 32.4 Å². The van der Waals surface area contributed by atoms with Gasteiger partial charge < -0.3 is 14.4 Å². The summed E-state index contributed by atoms with van der Waals surface area (Å²) in [6, 6.07) is 13.3. The van der Waals surface area contributed by atoms with Crippen LogP contribution in [0.25, 0.3) is 5.57 Å². The number of methoxy groups -OCH3 is 2. The molecule has 144 valence electrons. The van der Waals surface area contributed by atoms with E-state index in [1.807, 2.05) is 30.0 Å². The summed E-state index contributed by atoms with van der Waals surface area (Å²) >= 11 is 0. The molecule has 0 saturated carbocycles. The van der Waals surface area contributed by atoms with Gasteiger partial charge in [0.1, 0.15) is 5.70 Å². The Morgan fingerprint density at radius 3 is 2.43 bits per heavy atom. The molecule has 0 radical (unpaired) electrons. The minimum Gasteiger partial charge on any atom is -0.493 e. The summed E-state index contributed by atoms with van der Waals surface area (Å²) in [6.45, 7) is 2.80. The van der Waals surface area contributed by atoms with E-state index >= 15 is 0 Å². The Morgan fingerprint density at radius 1 is 0.964 bits per heavy atom. The molecule has 2 amide bonds. The van der Waals surface area contributed by atoms with Crippen LogP contribution in [0, 0.1) is 0 Å². The van der Waals surface area contributed by atoms with Crippen LogP contribution in [0.15, 0.2) is 48.2 Å². The number of fused-ring (bicyclic) bond motifs is 1. The van der Waals surface area contributed by atoms with Gasteiger partial charge in [-0.25, -0.2) is 0 Å². The minimum atomic E-state index is -0.279. The molecule has 28 heavy (non-hydrogen) atoms. The fourth-order valence-corrected chi connectivity index (χ4v) is 3.92. The van der Waals surface area contributed by atoms with E-state index in [0.29, 0.717) is 41.4 Å². The molecule has 0 aromatic heterocycles. The average Bonchev–Trinajstić information content (AvgIpc) is 3.25. The molecule has 6 heteroatoms. The van der Waals surface area contributed by atoms with Gasteiger partial charge in [-0.05, 0) is 42.7 Å². The zero-order valence-corrected chi connectivity index (χ0v) is 16.2. The maximum Gasteiger partial charge on any atom is 0.278 e. The Kier molecular flexibility index (Phi) is 4.55. The molecule has 0 N–H and O–H groups in total. The first-order chi connectivity index (χ1) is 13.6. The van der Waals surface area contributed by atoms with Crippen LogP contribution in [0.3, 0.4) is 0 Å². The Labute approximate surface area is 164 Å². The zero-order chi connectivity index (χ0) is 19.8. The van der Waals surface area contributed by atoms with Crippen LogP contribution < -0.4 is 14.4 Å². The number of rotatable bonds is 5. The molecule has 0 bridgehead atoms. The molecular formula is C22H22N2O4. The van der Waals surface area contributed by atoms with Crippen LogP contribution in [-0.2, 0) is 16.0 Å². The Bertz CT molecular complexity index is 996. The number of nitrogens with zero attached hydrogens (tertiary/aromatic N) is 2. The van der Waals surface area contributed by atoms with E-state index in [-0.39, 0.29) is 11.8 Å². The van der Waals surface area contributed by atoms with Crippen molar-refractivity contribution in [3.63, 3.8) is 0 Å². The smallest absolute Gasteiger partial charge is 0.278 e. The third-order valence-corrected chi connectivity index (χ3v) is 5.29. The highest BCUT2D eigenvalue weighted by Gasteiger charge is 2.42. The quantitative estimate of drug-likeness (QED) is 0.749. The second-order valence-electron chi connectivity index (χ2n) is 6.68. The molecule has 2 aliphatic heterocycles. The lowest BCUT2D eigenvalue weighted by molar-refractivity contribution is -0.136. The van der Waals surface area contributed by atoms with Gasteiger partial charge in [-0.1, -0.05) is 24.3 Å². The van der Waals surface area contributed by atoms with Gasteiger partial charge in [0, 0.05) is 18.8 Å². The highest BCUT2D eigenvalue weighted by atomic mass is 16.5. The third kappa shape index (κ3) is 2.64. The Balaban J connectivity index is 1.90. The van der Waals surface area contributed by atoms with Crippen molar-refractivity contribution < 1.29 is 19.1 Å². The van der Waals surface area contributed by atoms with Crippen LogP contribution in [0.5, 0.6) is 11.5 Å². The third-order valence-electron chi connectivity index (χ3n) is 5.29. The van der Waals surface area contributed by atoms with Crippen LogP contribution in [-0.4, -0.2) is 44.0 Å². The first-order valence-corrected chi connectivity index (χ1v) is 9.29. The maximum atomic E-state index is 13.2. The van der Waals surface area contributed by atoms with E-state index in [0.717, 1.165) is 12.1 Å². The molecule has 2 aromatic rings. The molecule has 0 aliphatic carbocycles. The lowest BCUT2D eigenvalue weighted by Gasteiger charge is -2.21. The fraction of sp³-hybridized carbons (Fsp3) is 0.273. The van der Waals surface area contributed by atoms with Crippen molar-refractivity contribution in [2.75, 3.05) is 32.2 Å². The number of hydrogen-bond acceptors (Lipinski definition) is 5. The van der Waals surface area contributed by atoms with E-state index < -0.39 is 0 Å². The van der Waals surface area contributed by atoms with E-state index in [4.69, 9.17) is 9.47 Å². The van der Waals surface area contributed by atoms with E-state index in [2.05, 4.69) is 6.07 Å². The molecular weight excluding hydrogens is 356 g/mol. The van der Waals surface area contributed by atoms with Gasteiger partial charge >= 0.3 is 0 Å². The van der Waals surface area contributed by atoms with Gasteiger partial charge in [-0.15, -0.1) is 0 Å². The molecule has 2 aromatic carbocycles. The first kappa shape index (κ1) is 18.1. The number of likely N-dealkylation sites (N-methyl/N-ethyl adjacent to an activating group) is 1. The summed E-state index contributed by atoms with van der Waals surface area (Å²) in [5, 5.41) is 0. The summed E-state index contributed by atoms with van der Waals surface area (Å²) < 4.78 is 10.7. The predicted octanol–water partition coefficient (Wildman–Crippen LogP) is 2.87. The zero-order valence-electron chi connectivity index (χ0n) is 16.2.